The molecule has 0 saturated heterocycles. The lowest BCUT2D eigenvalue weighted by Gasteiger charge is -2.33. The van der Waals surface area contributed by atoms with Crippen molar-refractivity contribution >= 4 is 15.7 Å². The summed E-state index contributed by atoms with van der Waals surface area (Å²) in [6, 6.07) is 3.33. The van der Waals surface area contributed by atoms with Crippen molar-refractivity contribution in [1.29, 1.82) is 0 Å². The van der Waals surface area contributed by atoms with Crippen LogP contribution in [0.5, 0.6) is 0 Å². The lowest BCUT2D eigenvalue weighted by molar-refractivity contribution is 0.219. The van der Waals surface area contributed by atoms with E-state index in [1.165, 1.54) is 12.5 Å². The second kappa shape index (κ2) is 5.69. The fourth-order valence-electron chi connectivity index (χ4n) is 2.69. The summed E-state index contributed by atoms with van der Waals surface area (Å²) in [5.41, 5.74) is 5.53. The molecule has 0 heterocycles. The third kappa shape index (κ3) is 3.49. The maximum absolute atomic E-state index is 13.0. The third-order valence-electron chi connectivity index (χ3n) is 4.01. The van der Waals surface area contributed by atoms with Gasteiger partial charge in [0.1, 0.15) is 10.7 Å². The van der Waals surface area contributed by atoms with Crippen LogP contribution >= 0.6 is 0 Å². The van der Waals surface area contributed by atoms with Crippen molar-refractivity contribution in [3.63, 3.8) is 0 Å². The van der Waals surface area contributed by atoms with Gasteiger partial charge < -0.3 is 5.73 Å². The Labute approximate surface area is 119 Å². The number of anilines is 1. The molecule has 1 aliphatic rings. The Morgan fingerprint density at radius 1 is 1.30 bits per heavy atom. The van der Waals surface area contributed by atoms with Crippen molar-refractivity contribution in [2.45, 2.75) is 43.9 Å². The fourth-order valence-corrected chi connectivity index (χ4v) is 4.00. The molecule has 1 fully saturated rings. The van der Waals surface area contributed by atoms with Crippen LogP contribution in [0.25, 0.3) is 0 Å². The maximum atomic E-state index is 13.0. The van der Waals surface area contributed by atoms with E-state index in [-0.39, 0.29) is 16.0 Å². The van der Waals surface area contributed by atoms with Gasteiger partial charge >= 0.3 is 0 Å². The summed E-state index contributed by atoms with van der Waals surface area (Å²) in [5.74, 6) is -0.541. The molecule has 3 N–H and O–H groups in total. The Kier molecular flexibility index (Phi) is 4.34. The van der Waals surface area contributed by atoms with Gasteiger partial charge in [-0.15, -0.1) is 0 Å². The predicted octanol–water partition coefficient (Wildman–Crippen LogP) is 2.66. The first-order valence-electron chi connectivity index (χ1n) is 6.87. The summed E-state index contributed by atoms with van der Waals surface area (Å²) in [6.45, 7) is 2.49. The lowest BCUT2D eigenvalue weighted by Crippen LogP contribution is -2.37. The van der Waals surface area contributed by atoms with Crippen molar-refractivity contribution in [2.75, 3.05) is 12.3 Å². The van der Waals surface area contributed by atoms with Crippen LogP contribution in [0, 0.1) is 11.2 Å². The van der Waals surface area contributed by atoms with Gasteiger partial charge in [-0.2, -0.15) is 0 Å². The average Bonchev–Trinajstić information content (AvgIpc) is 2.37. The highest BCUT2D eigenvalue weighted by Gasteiger charge is 2.29. The van der Waals surface area contributed by atoms with E-state index in [0.717, 1.165) is 37.8 Å². The monoisotopic (exact) mass is 300 g/mol. The largest absolute Gasteiger partial charge is 0.398 e. The fraction of sp³-hybridized carbons (Fsp3) is 0.571. The summed E-state index contributed by atoms with van der Waals surface area (Å²) in [7, 11) is -3.69. The first kappa shape index (κ1) is 15.3. The van der Waals surface area contributed by atoms with E-state index in [1.807, 2.05) is 0 Å². The molecule has 20 heavy (non-hydrogen) atoms. The van der Waals surface area contributed by atoms with Crippen LogP contribution in [0.2, 0.25) is 0 Å². The van der Waals surface area contributed by atoms with E-state index in [1.54, 1.807) is 0 Å². The molecule has 0 aliphatic heterocycles. The smallest absolute Gasteiger partial charge is 0.242 e. The SMILES string of the molecule is CC1(CNS(=O)(=O)c2ccc(F)cc2N)CCCCC1. The summed E-state index contributed by atoms with van der Waals surface area (Å²) in [6.07, 6.45) is 5.53. The van der Waals surface area contributed by atoms with Gasteiger partial charge in [0.15, 0.2) is 0 Å². The highest BCUT2D eigenvalue weighted by Crippen LogP contribution is 2.35. The van der Waals surface area contributed by atoms with Crippen molar-refractivity contribution in [3.8, 4) is 0 Å². The number of hydrogen-bond acceptors (Lipinski definition) is 3. The molecule has 112 valence electrons. The van der Waals surface area contributed by atoms with Crippen LogP contribution in [-0.2, 0) is 10.0 Å². The minimum absolute atomic E-state index is 0.000111. The summed E-state index contributed by atoms with van der Waals surface area (Å²) < 4.78 is 40.1. The van der Waals surface area contributed by atoms with Crippen LogP contribution in [0.1, 0.15) is 39.0 Å². The number of rotatable bonds is 4. The molecule has 4 nitrogen and oxygen atoms in total. The molecule has 2 rings (SSSR count). The maximum Gasteiger partial charge on any atom is 0.242 e. The minimum atomic E-state index is -3.69. The molecule has 1 aliphatic carbocycles. The molecule has 0 radical (unpaired) electrons. The molecular weight excluding hydrogens is 279 g/mol. The number of sulfonamides is 1. The van der Waals surface area contributed by atoms with Gasteiger partial charge in [0, 0.05) is 6.54 Å². The predicted molar refractivity (Wildman–Crippen MR) is 77.2 cm³/mol. The zero-order valence-electron chi connectivity index (χ0n) is 11.7. The first-order chi connectivity index (χ1) is 9.32. The molecule has 6 heteroatoms. The molecule has 1 aromatic carbocycles. The number of nitrogens with two attached hydrogens (primary N) is 1. The Morgan fingerprint density at radius 3 is 2.55 bits per heavy atom. The lowest BCUT2D eigenvalue weighted by atomic mass is 9.76. The third-order valence-corrected chi connectivity index (χ3v) is 5.49. The minimum Gasteiger partial charge on any atom is -0.398 e. The van der Waals surface area contributed by atoms with E-state index in [2.05, 4.69) is 11.6 Å². The summed E-state index contributed by atoms with van der Waals surface area (Å²) in [4.78, 5) is -0.0571. The van der Waals surface area contributed by atoms with E-state index < -0.39 is 15.8 Å². The van der Waals surface area contributed by atoms with Crippen LogP contribution in [-0.4, -0.2) is 15.0 Å². The quantitative estimate of drug-likeness (QED) is 0.840. The van der Waals surface area contributed by atoms with Crippen LogP contribution in [0.3, 0.4) is 0 Å². The van der Waals surface area contributed by atoms with Crippen molar-refractivity contribution < 1.29 is 12.8 Å². The number of nitrogen functional groups attached to an aromatic ring is 1. The summed E-state index contributed by atoms with van der Waals surface area (Å²) in [5, 5.41) is 0. The standard InChI is InChI=1S/C14H21FN2O2S/c1-14(7-3-2-4-8-14)10-17-20(18,19)13-6-5-11(15)9-12(13)16/h5-6,9,17H,2-4,7-8,10,16H2,1H3. The van der Waals surface area contributed by atoms with E-state index in [0.29, 0.717) is 6.54 Å². The average molecular weight is 300 g/mol. The van der Waals surface area contributed by atoms with Gasteiger partial charge in [-0.25, -0.2) is 17.5 Å². The molecule has 0 spiro atoms. The Balaban J connectivity index is 2.11. The number of benzene rings is 1. The number of halogens is 1. The molecule has 0 bridgehead atoms. The van der Waals surface area contributed by atoms with E-state index in [9.17, 15) is 12.8 Å². The Morgan fingerprint density at radius 2 is 1.95 bits per heavy atom. The first-order valence-corrected chi connectivity index (χ1v) is 8.35. The zero-order valence-corrected chi connectivity index (χ0v) is 12.5. The second-order valence-electron chi connectivity index (χ2n) is 5.88. The van der Waals surface area contributed by atoms with Gasteiger partial charge in [-0.3, -0.25) is 0 Å². The highest BCUT2D eigenvalue weighted by atomic mass is 32.2. The second-order valence-corrected chi connectivity index (χ2v) is 7.61. The molecule has 0 unspecified atom stereocenters. The zero-order chi connectivity index (χ0) is 14.8. The molecule has 1 saturated carbocycles. The van der Waals surface area contributed by atoms with Gasteiger partial charge in [0.05, 0.1) is 5.69 Å². The Bertz CT molecular complexity index is 581. The van der Waals surface area contributed by atoms with E-state index in [4.69, 9.17) is 5.73 Å². The summed E-state index contributed by atoms with van der Waals surface area (Å²) >= 11 is 0. The van der Waals surface area contributed by atoms with Crippen LogP contribution in [0.15, 0.2) is 23.1 Å². The van der Waals surface area contributed by atoms with Crippen molar-refractivity contribution in [3.05, 3.63) is 24.0 Å². The molecule has 0 amide bonds. The van der Waals surface area contributed by atoms with Crippen LogP contribution in [0.4, 0.5) is 10.1 Å². The van der Waals surface area contributed by atoms with Crippen LogP contribution < -0.4 is 10.5 Å². The topological polar surface area (TPSA) is 72.2 Å². The highest BCUT2D eigenvalue weighted by molar-refractivity contribution is 7.89. The van der Waals surface area contributed by atoms with Gasteiger partial charge in [0.2, 0.25) is 10.0 Å². The molecule has 1 aromatic rings. The van der Waals surface area contributed by atoms with E-state index >= 15 is 0 Å². The molecule has 0 atom stereocenters. The van der Waals surface area contributed by atoms with Crippen molar-refractivity contribution in [2.24, 2.45) is 5.41 Å². The Hall–Kier alpha value is -1.14. The number of hydrogen-bond donors (Lipinski definition) is 2. The normalized spacial score (nSPS) is 18.9. The number of nitrogens with one attached hydrogen (secondary N) is 1. The van der Waals surface area contributed by atoms with Gasteiger partial charge in [-0.1, -0.05) is 26.2 Å². The molecule has 0 aromatic heterocycles. The van der Waals surface area contributed by atoms with Crippen molar-refractivity contribution in [1.82, 2.24) is 4.72 Å². The van der Waals surface area contributed by atoms with Gasteiger partial charge in [-0.05, 0) is 36.5 Å². The molecular formula is C14H21FN2O2S. The van der Waals surface area contributed by atoms with Gasteiger partial charge in [0.25, 0.3) is 0 Å².